The quantitative estimate of drug-likeness (QED) is 0.613. The zero-order chi connectivity index (χ0) is 21.3. The van der Waals surface area contributed by atoms with E-state index in [4.69, 9.17) is 27.7 Å². The Morgan fingerprint density at radius 1 is 1.00 bits per heavy atom. The standard InChI is InChI=1S/C20H17Cl2N5O3/c1-12-16(18(25-30-12)17-13(21)3-2-4-14(17)22)20(29)27-9-7-26(8-10-27)19(28)15-11-23-5-6-24-15/h2-6,11H,7-10H2,1H3. The third kappa shape index (κ3) is 3.76. The van der Waals surface area contributed by atoms with Crippen molar-refractivity contribution in [2.24, 2.45) is 0 Å². The molecule has 2 aromatic heterocycles. The first-order valence-electron chi connectivity index (χ1n) is 9.22. The number of carbonyl (C=O) groups is 2. The van der Waals surface area contributed by atoms with Gasteiger partial charge in [0, 0.05) is 44.1 Å². The summed E-state index contributed by atoms with van der Waals surface area (Å²) < 4.78 is 5.29. The second-order valence-electron chi connectivity index (χ2n) is 6.73. The first kappa shape index (κ1) is 20.3. The van der Waals surface area contributed by atoms with Gasteiger partial charge in [-0.25, -0.2) is 4.98 Å². The molecule has 1 aliphatic rings. The Bertz CT molecular complexity index is 1070. The molecule has 8 nitrogen and oxygen atoms in total. The van der Waals surface area contributed by atoms with Gasteiger partial charge in [0.05, 0.1) is 16.2 Å². The Balaban J connectivity index is 1.53. The highest BCUT2D eigenvalue weighted by molar-refractivity contribution is 6.39. The number of aromatic nitrogens is 3. The highest BCUT2D eigenvalue weighted by Crippen LogP contribution is 2.37. The predicted molar refractivity (Wildman–Crippen MR) is 111 cm³/mol. The molecule has 3 heterocycles. The number of amides is 2. The summed E-state index contributed by atoms with van der Waals surface area (Å²) in [6.45, 7) is 3.17. The average molecular weight is 446 g/mol. The lowest BCUT2D eigenvalue weighted by Gasteiger charge is -2.34. The minimum Gasteiger partial charge on any atom is -0.360 e. The summed E-state index contributed by atoms with van der Waals surface area (Å²) in [5, 5.41) is 4.79. The smallest absolute Gasteiger partial charge is 0.274 e. The van der Waals surface area contributed by atoms with E-state index >= 15 is 0 Å². The molecule has 10 heteroatoms. The van der Waals surface area contributed by atoms with Crippen LogP contribution in [-0.2, 0) is 0 Å². The van der Waals surface area contributed by atoms with Gasteiger partial charge < -0.3 is 14.3 Å². The van der Waals surface area contributed by atoms with E-state index in [-0.39, 0.29) is 17.5 Å². The van der Waals surface area contributed by atoms with Crippen molar-refractivity contribution in [2.75, 3.05) is 26.2 Å². The number of benzene rings is 1. The fourth-order valence-corrected chi connectivity index (χ4v) is 3.94. The SMILES string of the molecule is Cc1onc(-c2c(Cl)cccc2Cl)c1C(=O)N1CCN(C(=O)c2cnccn2)CC1. The molecule has 4 rings (SSSR count). The molecular weight excluding hydrogens is 429 g/mol. The maximum Gasteiger partial charge on any atom is 0.274 e. The number of carbonyl (C=O) groups excluding carboxylic acids is 2. The third-order valence-corrected chi connectivity index (χ3v) is 5.54. The minimum absolute atomic E-state index is 0.208. The van der Waals surface area contributed by atoms with Crippen LogP contribution in [0.15, 0.2) is 41.3 Å². The van der Waals surface area contributed by atoms with Crippen molar-refractivity contribution in [1.29, 1.82) is 0 Å². The number of rotatable bonds is 3. The lowest BCUT2D eigenvalue weighted by Crippen LogP contribution is -2.50. The maximum atomic E-state index is 13.3. The molecule has 0 saturated carbocycles. The number of halogens is 2. The fraction of sp³-hybridized carbons (Fsp3) is 0.250. The normalized spacial score (nSPS) is 14.1. The Labute approximate surface area is 182 Å². The van der Waals surface area contributed by atoms with Gasteiger partial charge in [-0.3, -0.25) is 14.6 Å². The maximum absolute atomic E-state index is 13.3. The van der Waals surface area contributed by atoms with Gasteiger partial charge >= 0.3 is 0 Å². The topological polar surface area (TPSA) is 92.4 Å². The Hall–Kier alpha value is -2.97. The molecular formula is C20H17Cl2N5O3. The van der Waals surface area contributed by atoms with Crippen molar-refractivity contribution < 1.29 is 14.1 Å². The second-order valence-corrected chi connectivity index (χ2v) is 7.55. The molecule has 1 fully saturated rings. The van der Waals surface area contributed by atoms with Crippen LogP contribution in [0, 0.1) is 6.92 Å². The van der Waals surface area contributed by atoms with E-state index in [1.54, 1.807) is 34.9 Å². The molecule has 3 aromatic rings. The molecule has 1 saturated heterocycles. The van der Waals surface area contributed by atoms with Gasteiger partial charge in [-0.1, -0.05) is 34.4 Å². The zero-order valence-corrected chi connectivity index (χ0v) is 17.5. The Morgan fingerprint density at radius 2 is 1.63 bits per heavy atom. The van der Waals surface area contributed by atoms with Gasteiger partial charge in [-0.15, -0.1) is 0 Å². The van der Waals surface area contributed by atoms with Crippen LogP contribution in [0.25, 0.3) is 11.3 Å². The molecule has 30 heavy (non-hydrogen) atoms. The van der Waals surface area contributed by atoms with Crippen LogP contribution in [0.5, 0.6) is 0 Å². The van der Waals surface area contributed by atoms with Gasteiger partial charge in [0.15, 0.2) is 0 Å². The third-order valence-electron chi connectivity index (χ3n) is 4.91. The number of aryl methyl sites for hydroxylation is 1. The van der Waals surface area contributed by atoms with Gasteiger partial charge in [0.2, 0.25) is 0 Å². The van der Waals surface area contributed by atoms with E-state index in [1.165, 1.54) is 18.6 Å². The largest absolute Gasteiger partial charge is 0.360 e. The van der Waals surface area contributed by atoms with E-state index in [0.29, 0.717) is 58.8 Å². The number of hydrogen-bond donors (Lipinski definition) is 0. The monoisotopic (exact) mass is 445 g/mol. The van der Waals surface area contributed by atoms with Crippen LogP contribution >= 0.6 is 23.2 Å². The first-order valence-corrected chi connectivity index (χ1v) is 9.98. The van der Waals surface area contributed by atoms with E-state index < -0.39 is 0 Å². The van der Waals surface area contributed by atoms with E-state index in [2.05, 4.69) is 15.1 Å². The van der Waals surface area contributed by atoms with Gasteiger partial charge in [-0.05, 0) is 19.1 Å². The van der Waals surface area contributed by atoms with Crippen molar-refractivity contribution in [2.45, 2.75) is 6.92 Å². The molecule has 0 spiro atoms. The van der Waals surface area contributed by atoms with Gasteiger partial charge in [0.1, 0.15) is 22.7 Å². The van der Waals surface area contributed by atoms with Crippen LogP contribution in [-0.4, -0.2) is 62.9 Å². The van der Waals surface area contributed by atoms with Crippen molar-refractivity contribution in [3.8, 4) is 11.3 Å². The summed E-state index contributed by atoms with van der Waals surface area (Å²) in [6, 6.07) is 5.08. The Kier molecular flexibility index (Phi) is 5.69. The van der Waals surface area contributed by atoms with E-state index in [0.717, 1.165) is 0 Å². The highest BCUT2D eigenvalue weighted by atomic mass is 35.5. The van der Waals surface area contributed by atoms with E-state index in [1.807, 2.05) is 0 Å². The summed E-state index contributed by atoms with van der Waals surface area (Å²) in [7, 11) is 0. The highest BCUT2D eigenvalue weighted by Gasteiger charge is 2.31. The van der Waals surface area contributed by atoms with Crippen LogP contribution in [0.3, 0.4) is 0 Å². The van der Waals surface area contributed by atoms with Gasteiger partial charge in [0.25, 0.3) is 11.8 Å². The van der Waals surface area contributed by atoms with Crippen molar-refractivity contribution in [3.05, 3.63) is 63.9 Å². The molecule has 0 N–H and O–H groups in total. The van der Waals surface area contributed by atoms with Crippen molar-refractivity contribution in [1.82, 2.24) is 24.9 Å². The minimum atomic E-state index is -0.244. The van der Waals surface area contributed by atoms with Crippen LogP contribution in [0.4, 0.5) is 0 Å². The lowest BCUT2D eigenvalue weighted by molar-refractivity contribution is 0.0531. The Morgan fingerprint density at radius 3 is 2.23 bits per heavy atom. The molecule has 0 aliphatic carbocycles. The number of piperazine rings is 1. The van der Waals surface area contributed by atoms with Gasteiger partial charge in [-0.2, -0.15) is 0 Å². The predicted octanol–water partition coefficient (Wildman–Crippen LogP) is 3.35. The molecule has 1 aliphatic heterocycles. The van der Waals surface area contributed by atoms with Crippen molar-refractivity contribution in [3.63, 3.8) is 0 Å². The summed E-state index contributed by atoms with van der Waals surface area (Å²) >= 11 is 12.6. The lowest BCUT2D eigenvalue weighted by atomic mass is 10.0. The van der Waals surface area contributed by atoms with Crippen LogP contribution in [0.2, 0.25) is 10.0 Å². The first-order chi connectivity index (χ1) is 14.5. The zero-order valence-electron chi connectivity index (χ0n) is 16.0. The molecule has 0 unspecified atom stereocenters. The molecule has 1 aromatic carbocycles. The van der Waals surface area contributed by atoms with E-state index in [9.17, 15) is 9.59 Å². The summed E-state index contributed by atoms with van der Waals surface area (Å²) in [6.07, 6.45) is 4.42. The van der Waals surface area contributed by atoms with Crippen LogP contribution in [0.1, 0.15) is 26.6 Å². The molecule has 0 atom stereocenters. The summed E-state index contributed by atoms with van der Waals surface area (Å²) in [4.78, 5) is 37.1. The second kappa shape index (κ2) is 8.41. The molecule has 2 amide bonds. The summed E-state index contributed by atoms with van der Waals surface area (Å²) in [5.41, 5.74) is 1.37. The number of nitrogens with zero attached hydrogens (tertiary/aromatic N) is 5. The van der Waals surface area contributed by atoms with Crippen LogP contribution < -0.4 is 0 Å². The average Bonchev–Trinajstić information content (AvgIpc) is 3.14. The fourth-order valence-electron chi connectivity index (χ4n) is 3.36. The molecule has 0 bridgehead atoms. The van der Waals surface area contributed by atoms with Crippen molar-refractivity contribution >= 4 is 35.0 Å². The number of hydrogen-bond acceptors (Lipinski definition) is 6. The molecule has 0 radical (unpaired) electrons. The molecule has 154 valence electrons. The summed E-state index contributed by atoms with van der Waals surface area (Å²) in [5.74, 6) is -0.0738.